The van der Waals surface area contributed by atoms with Crippen molar-refractivity contribution < 1.29 is 28.6 Å². The average Bonchev–Trinajstić information content (AvgIpc) is 2.74. The SMILES string of the molecule is CN1CCC(SCc2ccccc2F)(c2ccccc2F)CC1.O=C(O)/C=C\C(=O)O. The van der Waals surface area contributed by atoms with E-state index in [4.69, 9.17) is 10.2 Å². The third kappa shape index (κ3) is 7.48. The van der Waals surface area contributed by atoms with E-state index in [2.05, 4.69) is 11.9 Å². The van der Waals surface area contributed by atoms with Gasteiger partial charge in [0, 0.05) is 28.2 Å². The van der Waals surface area contributed by atoms with Gasteiger partial charge in [-0.1, -0.05) is 36.4 Å². The van der Waals surface area contributed by atoms with Gasteiger partial charge in [0.2, 0.25) is 0 Å². The number of rotatable bonds is 6. The molecule has 1 aliphatic rings. The van der Waals surface area contributed by atoms with Gasteiger partial charge < -0.3 is 15.1 Å². The minimum absolute atomic E-state index is 0.155. The Morgan fingerprint density at radius 3 is 2.00 bits per heavy atom. The molecule has 2 N–H and O–H groups in total. The second kappa shape index (κ2) is 11.6. The molecule has 0 unspecified atom stereocenters. The summed E-state index contributed by atoms with van der Waals surface area (Å²) in [5.74, 6) is -2.29. The quantitative estimate of drug-likeness (QED) is 0.631. The summed E-state index contributed by atoms with van der Waals surface area (Å²) in [6.07, 6.45) is 2.87. The Kier molecular flexibility index (Phi) is 9.21. The molecule has 0 aliphatic carbocycles. The van der Waals surface area contributed by atoms with Crippen LogP contribution in [0.4, 0.5) is 8.78 Å². The zero-order chi connectivity index (χ0) is 22.9. The van der Waals surface area contributed by atoms with Gasteiger partial charge in [0.05, 0.1) is 0 Å². The maximum Gasteiger partial charge on any atom is 0.328 e. The molecule has 2 aromatic rings. The summed E-state index contributed by atoms with van der Waals surface area (Å²) >= 11 is 1.67. The Morgan fingerprint density at radius 1 is 0.968 bits per heavy atom. The minimum atomic E-state index is -1.26. The first-order valence-electron chi connectivity index (χ1n) is 9.68. The molecule has 0 spiro atoms. The second-order valence-corrected chi connectivity index (χ2v) is 8.53. The number of halogens is 2. The van der Waals surface area contributed by atoms with Crippen LogP contribution in [0, 0.1) is 11.6 Å². The highest BCUT2D eigenvalue weighted by atomic mass is 32.2. The Bertz CT molecular complexity index is 911. The normalized spacial score (nSPS) is 15.8. The van der Waals surface area contributed by atoms with E-state index in [-0.39, 0.29) is 16.4 Å². The van der Waals surface area contributed by atoms with Crippen molar-refractivity contribution in [2.24, 2.45) is 0 Å². The first-order valence-corrected chi connectivity index (χ1v) is 10.7. The summed E-state index contributed by atoms with van der Waals surface area (Å²) in [6, 6.07) is 13.9. The van der Waals surface area contributed by atoms with Crippen LogP contribution in [0.5, 0.6) is 0 Å². The van der Waals surface area contributed by atoms with Gasteiger partial charge in [0.1, 0.15) is 11.6 Å². The van der Waals surface area contributed by atoms with Crippen LogP contribution in [0.3, 0.4) is 0 Å². The predicted molar refractivity (Wildman–Crippen MR) is 117 cm³/mol. The summed E-state index contributed by atoms with van der Waals surface area (Å²) in [7, 11) is 2.09. The Labute approximate surface area is 184 Å². The molecule has 166 valence electrons. The highest BCUT2D eigenvalue weighted by molar-refractivity contribution is 7.99. The van der Waals surface area contributed by atoms with Gasteiger partial charge in [0.25, 0.3) is 0 Å². The minimum Gasteiger partial charge on any atom is -0.478 e. The van der Waals surface area contributed by atoms with E-state index in [0.717, 1.165) is 31.5 Å². The lowest BCUT2D eigenvalue weighted by molar-refractivity contribution is -0.134. The van der Waals surface area contributed by atoms with Crippen LogP contribution in [0.1, 0.15) is 24.0 Å². The van der Waals surface area contributed by atoms with Gasteiger partial charge in [-0.25, -0.2) is 18.4 Å². The van der Waals surface area contributed by atoms with E-state index in [1.54, 1.807) is 23.9 Å². The third-order valence-electron chi connectivity index (χ3n) is 4.99. The number of piperidine rings is 1. The van der Waals surface area contributed by atoms with Crippen molar-refractivity contribution in [1.29, 1.82) is 0 Å². The van der Waals surface area contributed by atoms with Crippen molar-refractivity contribution >= 4 is 23.7 Å². The molecule has 0 saturated carbocycles. The number of hydrogen-bond acceptors (Lipinski definition) is 4. The number of aliphatic carboxylic acids is 2. The highest BCUT2D eigenvalue weighted by Gasteiger charge is 2.37. The fourth-order valence-electron chi connectivity index (χ4n) is 3.28. The number of thioether (sulfide) groups is 1. The Balaban J connectivity index is 0.000000366. The van der Waals surface area contributed by atoms with E-state index in [9.17, 15) is 18.4 Å². The maximum absolute atomic E-state index is 14.4. The summed E-state index contributed by atoms with van der Waals surface area (Å²) in [5, 5.41) is 15.6. The maximum atomic E-state index is 14.4. The molecular weight excluding hydrogens is 424 g/mol. The topological polar surface area (TPSA) is 77.8 Å². The molecule has 1 fully saturated rings. The number of benzene rings is 2. The average molecular weight is 450 g/mol. The summed E-state index contributed by atoms with van der Waals surface area (Å²) in [4.78, 5) is 21.4. The van der Waals surface area contributed by atoms with Crippen LogP contribution in [0.15, 0.2) is 60.7 Å². The molecular formula is C23H25F2NO4S. The standard InChI is InChI=1S/C19H21F2NS.C4H4O4/c1-22-12-10-19(11-13-22,16-7-3-5-9-18(16)21)23-14-15-6-2-4-8-17(15)20;5-3(6)1-2-4(7)8/h2-9H,10-14H2,1H3;1-2H,(H,5,6)(H,7,8)/b;2-1-. The lowest BCUT2D eigenvalue weighted by atomic mass is 9.88. The van der Waals surface area contributed by atoms with Crippen molar-refractivity contribution in [3.8, 4) is 0 Å². The molecule has 3 rings (SSSR count). The van der Waals surface area contributed by atoms with Gasteiger partial charge in [-0.2, -0.15) is 0 Å². The van der Waals surface area contributed by atoms with Crippen LogP contribution in [0.2, 0.25) is 0 Å². The van der Waals surface area contributed by atoms with E-state index in [1.807, 2.05) is 24.3 Å². The zero-order valence-corrected chi connectivity index (χ0v) is 17.9. The molecule has 2 aromatic carbocycles. The molecule has 0 bridgehead atoms. The number of hydrogen-bond donors (Lipinski definition) is 2. The number of carboxylic acid groups (broad SMARTS) is 2. The fourth-order valence-corrected chi connectivity index (χ4v) is 4.73. The lowest BCUT2D eigenvalue weighted by Crippen LogP contribution is -2.39. The largest absolute Gasteiger partial charge is 0.478 e. The molecule has 1 saturated heterocycles. The van der Waals surface area contributed by atoms with E-state index in [0.29, 0.717) is 23.5 Å². The summed E-state index contributed by atoms with van der Waals surface area (Å²) in [6.45, 7) is 1.86. The van der Waals surface area contributed by atoms with Crippen molar-refractivity contribution in [2.75, 3.05) is 20.1 Å². The zero-order valence-electron chi connectivity index (χ0n) is 17.1. The van der Waals surface area contributed by atoms with Crippen molar-refractivity contribution in [2.45, 2.75) is 23.3 Å². The van der Waals surface area contributed by atoms with Gasteiger partial charge in [-0.05, 0) is 50.7 Å². The van der Waals surface area contributed by atoms with Crippen LogP contribution >= 0.6 is 11.8 Å². The molecule has 8 heteroatoms. The smallest absolute Gasteiger partial charge is 0.328 e. The van der Waals surface area contributed by atoms with Crippen molar-refractivity contribution in [3.63, 3.8) is 0 Å². The Morgan fingerprint density at radius 2 is 1.48 bits per heavy atom. The van der Waals surface area contributed by atoms with Gasteiger partial charge in [0.15, 0.2) is 0 Å². The predicted octanol–water partition coefficient (Wildman–Crippen LogP) is 4.53. The van der Waals surface area contributed by atoms with Crippen molar-refractivity contribution in [1.82, 2.24) is 4.90 Å². The lowest BCUT2D eigenvalue weighted by Gasteiger charge is -2.41. The monoisotopic (exact) mass is 449 g/mol. The van der Waals surface area contributed by atoms with E-state index >= 15 is 0 Å². The van der Waals surface area contributed by atoms with Crippen LogP contribution in [-0.2, 0) is 20.1 Å². The first kappa shape index (κ1) is 24.6. The number of nitrogens with zero attached hydrogens (tertiary/aromatic N) is 1. The molecule has 0 amide bonds. The molecule has 0 radical (unpaired) electrons. The molecule has 1 heterocycles. The van der Waals surface area contributed by atoms with Crippen LogP contribution in [-0.4, -0.2) is 47.2 Å². The molecule has 1 aliphatic heterocycles. The summed E-state index contributed by atoms with van der Waals surface area (Å²) in [5.41, 5.74) is 1.45. The van der Waals surface area contributed by atoms with Gasteiger partial charge >= 0.3 is 11.9 Å². The van der Waals surface area contributed by atoms with Crippen LogP contribution in [0.25, 0.3) is 0 Å². The molecule has 31 heavy (non-hydrogen) atoms. The number of carbonyl (C=O) groups is 2. The Hall–Kier alpha value is -2.71. The second-order valence-electron chi connectivity index (χ2n) is 7.17. The third-order valence-corrected chi connectivity index (χ3v) is 6.63. The first-order chi connectivity index (χ1) is 14.7. The van der Waals surface area contributed by atoms with Crippen molar-refractivity contribution in [3.05, 3.63) is 83.4 Å². The molecule has 5 nitrogen and oxygen atoms in total. The van der Waals surface area contributed by atoms with E-state index < -0.39 is 11.9 Å². The van der Waals surface area contributed by atoms with Gasteiger partial charge in [-0.15, -0.1) is 11.8 Å². The molecule has 0 atom stereocenters. The number of carboxylic acids is 2. The number of likely N-dealkylation sites (tertiary alicyclic amines) is 1. The van der Waals surface area contributed by atoms with Gasteiger partial charge in [-0.3, -0.25) is 0 Å². The van der Waals surface area contributed by atoms with Crippen LogP contribution < -0.4 is 0 Å². The summed E-state index contributed by atoms with van der Waals surface area (Å²) < 4.78 is 28.1. The fraction of sp³-hybridized carbons (Fsp3) is 0.304. The highest BCUT2D eigenvalue weighted by Crippen LogP contribution is 2.47. The van der Waals surface area contributed by atoms with E-state index in [1.165, 1.54) is 12.1 Å². The molecule has 0 aromatic heterocycles.